The third kappa shape index (κ3) is 8.72. The van der Waals surface area contributed by atoms with E-state index in [9.17, 15) is 9.90 Å². The standard InChI is InChI=1S/C27H50O2/c1-19(2)25(18-27(29)24-15-11-21(4)12-16-24)7-6-8-26(28)22(5)17-23-13-9-20(3)10-14-23/h19-26,28H,6-18H2,1-5H3. The molecule has 0 saturated heterocycles. The van der Waals surface area contributed by atoms with Crippen molar-refractivity contribution in [1.29, 1.82) is 0 Å². The number of aliphatic hydroxyl groups is 1. The van der Waals surface area contributed by atoms with Crippen molar-refractivity contribution in [2.45, 2.75) is 124 Å². The molecule has 2 nitrogen and oxygen atoms in total. The van der Waals surface area contributed by atoms with Crippen LogP contribution in [-0.4, -0.2) is 17.0 Å². The lowest BCUT2D eigenvalue weighted by Crippen LogP contribution is -2.25. The minimum atomic E-state index is -0.169. The van der Waals surface area contributed by atoms with Crippen molar-refractivity contribution < 1.29 is 9.90 Å². The lowest BCUT2D eigenvalue weighted by Gasteiger charge is -2.30. The Hall–Kier alpha value is -0.370. The van der Waals surface area contributed by atoms with Crippen molar-refractivity contribution in [2.75, 3.05) is 0 Å². The lowest BCUT2D eigenvalue weighted by atomic mass is 9.76. The summed E-state index contributed by atoms with van der Waals surface area (Å²) in [5, 5.41) is 10.7. The summed E-state index contributed by atoms with van der Waals surface area (Å²) < 4.78 is 0. The normalized spacial score (nSPS) is 31.4. The Labute approximate surface area is 181 Å². The average molecular weight is 407 g/mol. The molecule has 0 aromatic carbocycles. The third-order valence-corrected chi connectivity index (χ3v) is 8.45. The summed E-state index contributed by atoms with van der Waals surface area (Å²) in [6, 6.07) is 0. The smallest absolute Gasteiger partial charge is 0.136 e. The van der Waals surface area contributed by atoms with Gasteiger partial charge in [0.25, 0.3) is 0 Å². The van der Waals surface area contributed by atoms with Crippen LogP contribution in [0.15, 0.2) is 0 Å². The van der Waals surface area contributed by atoms with E-state index in [0.29, 0.717) is 29.5 Å². The van der Waals surface area contributed by atoms with E-state index in [2.05, 4.69) is 34.6 Å². The largest absolute Gasteiger partial charge is 0.393 e. The third-order valence-electron chi connectivity index (χ3n) is 8.45. The molecule has 2 heteroatoms. The summed E-state index contributed by atoms with van der Waals surface area (Å²) >= 11 is 0. The van der Waals surface area contributed by atoms with Crippen LogP contribution in [0.4, 0.5) is 0 Å². The highest BCUT2D eigenvalue weighted by Crippen LogP contribution is 2.35. The molecule has 170 valence electrons. The number of rotatable bonds is 11. The van der Waals surface area contributed by atoms with Gasteiger partial charge < -0.3 is 5.11 Å². The number of Topliss-reactive ketones (excluding diaryl/α,β-unsaturated/α-hetero) is 1. The minimum Gasteiger partial charge on any atom is -0.393 e. The number of ketones is 1. The fraction of sp³-hybridized carbons (Fsp3) is 0.963. The Kier molecular flexibility index (Phi) is 10.7. The van der Waals surface area contributed by atoms with Gasteiger partial charge in [0.05, 0.1) is 6.10 Å². The van der Waals surface area contributed by atoms with Crippen LogP contribution in [0.2, 0.25) is 0 Å². The Morgan fingerprint density at radius 3 is 1.97 bits per heavy atom. The SMILES string of the molecule is CC1CCC(CC(C)C(O)CCCC(CC(=O)C2CCC(C)CC2)C(C)C)CC1. The van der Waals surface area contributed by atoms with Crippen molar-refractivity contribution in [1.82, 2.24) is 0 Å². The van der Waals surface area contributed by atoms with Crippen LogP contribution in [0.25, 0.3) is 0 Å². The van der Waals surface area contributed by atoms with Gasteiger partial charge in [-0.15, -0.1) is 0 Å². The Morgan fingerprint density at radius 1 is 0.862 bits per heavy atom. The summed E-state index contributed by atoms with van der Waals surface area (Å²) in [6.07, 6.45) is 15.0. The summed E-state index contributed by atoms with van der Waals surface area (Å²) in [5.74, 6) is 4.85. The Balaban J connectivity index is 1.69. The van der Waals surface area contributed by atoms with Gasteiger partial charge in [-0.05, 0) is 67.6 Å². The average Bonchev–Trinajstić information content (AvgIpc) is 2.69. The highest BCUT2D eigenvalue weighted by molar-refractivity contribution is 5.81. The fourth-order valence-corrected chi connectivity index (χ4v) is 5.80. The highest BCUT2D eigenvalue weighted by atomic mass is 16.3. The lowest BCUT2D eigenvalue weighted by molar-refractivity contribution is -0.125. The molecule has 29 heavy (non-hydrogen) atoms. The fourth-order valence-electron chi connectivity index (χ4n) is 5.80. The second-order valence-electron chi connectivity index (χ2n) is 11.5. The topological polar surface area (TPSA) is 37.3 Å². The molecule has 0 aromatic heterocycles. The van der Waals surface area contributed by atoms with Gasteiger partial charge in [0.1, 0.15) is 5.78 Å². The number of hydrogen-bond acceptors (Lipinski definition) is 2. The molecule has 3 unspecified atom stereocenters. The maximum Gasteiger partial charge on any atom is 0.136 e. The number of carbonyl (C=O) groups excluding carboxylic acids is 1. The summed E-state index contributed by atoms with van der Waals surface area (Å²) in [6.45, 7) is 11.5. The van der Waals surface area contributed by atoms with Gasteiger partial charge in [0.15, 0.2) is 0 Å². The first-order valence-electron chi connectivity index (χ1n) is 13.0. The molecule has 2 aliphatic carbocycles. The summed E-state index contributed by atoms with van der Waals surface area (Å²) in [4.78, 5) is 12.8. The molecule has 0 aromatic rings. The first-order chi connectivity index (χ1) is 13.8. The predicted molar refractivity (Wildman–Crippen MR) is 124 cm³/mol. The van der Waals surface area contributed by atoms with E-state index in [4.69, 9.17) is 0 Å². The van der Waals surface area contributed by atoms with Gasteiger partial charge >= 0.3 is 0 Å². The van der Waals surface area contributed by atoms with Crippen LogP contribution < -0.4 is 0 Å². The number of hydrogen-bond donors (Lipinski definition) is 1. The van der Waals surface area contributed by atoms with Gasteiger partial charge in [0.2, 0.25) is 0 Å². The second kappa shape index (κ2) is 12.5. The van der Waals surface area contributed by atoms with E-state index in [1.165, 1.54) is 44.9 Å². The van der Waals surface area contributed by atoms with Gasteiger partial charge in [-0.2, -0.15) is 0 Å². The van der Waals surface area contributed by atoms with Crippen molar-refractivity contribution in [3.63, 3.8) is 0 Å². The molecule has 0 radical (unpaired) electrons. The predicted octanol–water partition coefficient (Wildman–Crippen LogP) is 7.43. The molecule has 0 spiro atoms. The maximum atomic E-state index is 12.8. The molecule has 0 heterocycles. The van der Waals surface area contributed by atoms with E-state index in [-0.39, 0.29) is 6.10 Å². The van der Waals surface area contributed by atoms with Crippen LogP contribution in [0, 0.1) is 41.4 Å². The van der Waals surface area contributed by atoms with Gasteiger partial charge in [-0.3, -0.25) is 4.79 Å². The molecule has 0 bridgehead atoms. The van der Waals surface area contributed by atoms with E-state index in [1.807, 2.05) is 0 Å². The summed E-state index contributed by atoms with van der Waals surface area (Å²) in [7, 11) is 0. The van der Waals surface area contributed by atoms with Crippen molar-refractivity contribution in [2.24, 2.45) is 41.4 Å². The molecule has 2 fully saturated rings. The molecule has 0 amide bonds. The van der Waals surface area contributed by atoms with Crippen molar-refractivity contribution in [3.05, 3.63) is 0 Å². The summed E-state index contributed by atoms with van der Waals surface area (Å²) in [5.41, 5.74) is 0. The quantitative estimate of drug-likeness (QED) is 0.387. The van der Waals surface area contributed by atoms with Gasteiger partial charge in [-0.1, -0.05) is 79.6 Å². The van der Waals surface area contributed by atoms with Gasteiger partial charge in [0, 0.05) is 12.3 Å². The second-order valence-corrected chi connectivity index (χ2v) is 11.5. The highest BCUT2D eigenvalue weighted by Gasteiger charge is 2.28. The van der Waals surface area contributed by atoms with E-state index >= 15 is 0 Å². The molecule has 1 N–H and O–H groups in total. The number of carbonyl (C=O) groups is 1. The molecule has 3 atom stereocenters. The first kappa shape index (κ1) is 24.9. The Bertz CT molecular complexity index is 455. The number of aliphatic hydroxyl groups excluding tert-OH is 1. The molecular weight excluding hydrogens is 356 g/mol. The van der Waals surface area contributed by atoms with E-state index < -0.39 is 0 Å². The minimum absolute atomic E-state index is 0.169. The monoisotopic (exact) mass is 406 g/mol. The van der Waals surface area contributed by atoms with E-state index in [0.717, 1.165) is 56.3 Å². The van der Waals surface area contributed by atoms with Crippen LogP contribution in [-0.2, 0) is 4.79 Å². The zero-order valence-corrected chi connectivity index (χ0v) is 20.2. The van der Waals surface area contributed by atoms with Crippen molar-refractivity contribution in [3.8, 4) is 0 Å². The van der Waals surface area contributed by atoms with Crippen LogP contribution in [0.3, 0.4) is 0 Å². The molecular formula is C27H50O2. The zero-order chi connectivity index (χ0) is 21.4. The molecule has 2 rings (SSSR count). The molecule has 0 aliphatic heterocycles. The zero-order valence-electron chi connectivity index (χ0n) is 20.2. The van der Waals surface area contributed by atoms with Crippen molar-refractivity contribution >= 4 is 5.78 Å². The van der Waals surface area contributed by atoms with Crippen LogP contribution in [0.5, 0.6) is 0 Å². The van der Waals surface area contributed by atoms with Crippen LogP contribution >= 0.6 is 0 Å². The maximum absolute atomic E-state index is 12.8. The Morgan fingerprint density at radius 2 is 1.41 bits per heavy atom. The first-order valence-corrected chi connectivity index (χ1v) is 13.0. The molecule has 2 aliphatic rings. The van der Waals surface area contributed by atoms with Gasteiger partial charge in [-0.25, -0.2) is 0 Å². The van der Waals surface area contributed by atoms with Crippen LogP contribution in [0.1, 0.15) is 118 Å². The molecule has 2 saturated carbocycles. The van der Waals surface area contributed by atoms with E-state index in [1.54, 1.807) is 0 Å².